The van der Waals surface area contributed by atoms with Crippen LogP contribution in [0.1, 0.15) is 15.6 Å². The van der Waals surface area contributed by atoms with Crippen LogP contribution in [0.2, 0.25) is 0 Å². The molecule has 0 aliphatic heterocycles. The number of benzene rings is 1. The van der Waals surface area contributed by atoms with Crippen LogP contribution in [0.4, 0.5) is 4.39 Å². The molecule has 0 radical (unpaired) electrons. The van der Waals surface area contributed by atoms with Gasteiger partial charge in [-0.2, -0.15) is 0 Å². The summed E-state index contributed by atoms with van der Waals surface area (Å²) < 4.78 is 37.2. The molecular weight excluding hydrogens is 273 g/mol. The molecule has 0 aliphatic carbocycles. The van der Waals surface area contributed by atoms with Gasteiger partial charge in [0.2, 0.25) is 0 Å². The molecule has 1 aromatic carbocycles. The summed E-state index contributed by atoms with van der Waals surface area (Å²) in [6, 6.07) is 5.03. The summed E-state index contributed by atoms with van der Waals surface area (Å²) >= 11 is 1.36. The zero-order chi connectivity index (χ0) is 13.3. The van der Waals surface area contributed by atoms with Crippen molar-refractivity contribution in [1.29, 1.82) is 0 Å². The monoisotopic (exact) mass is 285 g/mol. The van der Waals surface area contributed by atoms with Crippen LogP contribution in [0.15, 0.2) is 29.2 Å². The minimum Gasteiger partial charge on any atom is -0.245 e. The molecule has 0 aliphatic rings. The average Bonchev–Trinajstić information content (AvgIpc) is 2.57. The van der Waals surface area contributed by atoms with E-state index in [9.17, 15) is 12.8 Å². The van der Waals surface area contributed by atoms with Crippen LogP contribution in [-0.2, 0) is 15.6 Å². The molecule has 3 nitrogen and oxygen atoms in total. The van der Waals surface area contributed by atoms with E-state index in [1.165, 1.54) is 29.5 Å². The molecule has 2 aromatic rings. The van der Waals surface area contributed by atoms with Gasteiger partial charge in [0.25, 0.3) is 0 Å². The SMILES string of the molecule is Cc1nc(CS(=O)(=O)c2cccc(F)c2)sc1C. The van der Waals surface area contributed by atoms with Crippen molar-refractivity contribution >= 4 is 21.2 Å². The van der Waals surface area contributed by atoms with Crippen LogP contribution in [0.25, 0.3) is 0 Å². The Hall–Kier alpha value is -1.27. The zero-order valence-electron chi connectivity index (χ0n) is 9.97. The lowest BCUT2D eigenvalue weighted by molar-refractivity contribution is 0.590. The number of halogens is 1. The Kier molecular flexibility index (Phi) is 3.49. The smallest absolute Gasteiger partial charge is 0.185 e. The van der Waals surface area contributed by atoms with E-state index in [0.717, 1.165) is 16.6 Å². The Bertz CT molecular complexity index is 658. The molecule has 0 atom stereocenters. The van der Waals surface area contributed by atoms with Gasteiger partial charge in [-0.05, 0) is 32.0 Å². The molecule has 0 amide bonds. The van der Waals surface area contributed by atoms with Crippen molar-refractivity contribution in [2.24, 2.45) is 0 Å². The summed E-state index contributed by atoms with van der Waals surface area (Å²) in [6.45, 7) is 3.73. The Morgan fingerprint density at radius 3 is 2.61 bits per heavy atom. The molecule has 6 heteroatoms. The molecule has 0 fully saturated rings. The first-order valence-electron chi connectivity index (χ1n) is 5.30. The summed E-state index contributed by atoms with van der Waals surface area (Å²) in [6.07, 6.45) is 0. The second-order valence-corrected chi connectivity index (χ2v) is 7.24. The van der Waals surface area contributed by atoms with Gasteiger partial charge >= 0.3 is 0 Å². The highest BCUT2D eigenvalue weighted by atomic mass is 32.2. The van der Waals surface area contributed by atoms with E-state index in [4.69, 9.17) is 0 Å². The molecule has 0 N–H and O–H groups in total. The highest BCUT2D eigenvalue weighted by Crippen LogP contribution is 2.22. The minimum atomic E-state index is -3.53. The second-order valence-electron chi connectivity index (χ2n) is 3.97. The molecule has 0 saturated heterocycles. The molecule has 18 heavy (non-hydrogen) atoms. The van der Waals surface area contributed by atoms with Crippen molar-refractivity contribution in [3.8, 4) is 0 Å². The van der Waals surface area contributed by atoms with E-state index in [1.54, 1.807) is 0 Å². The standard InChI is InChI=1S/C12H12FNO2S2/c1-8-9(2)17-12(14-8)7-18(15,16)11-5-3-4-10(13)6-11/h3-6H,7H2,1-2H3. The molecule has 0 spiro atoms. The Morgan fingerprint density at radius 2 is 2.06 bits per heavy atom. The van der Waals surface area contributed by atoms with Crippen LogP contribution in [-0.4, -0.2) is 13.4 Å². The molecule has 1 aromatic heterocycles. The van der Waals surface area contributed by atoms with E-state index in [2.05, 4.69) is 4.98 Å². The number of aromatic nitrogens is 1. The van der Waals surface area contributed by atoms with Crippen LogP contribution in [0.3, 0.4) is 0 Å². The highest BCUT2D eigenvalue weighted by molar-refractivity contribution is 7.90. The Balaban J connectivity index is 2.33. The predicted molar refractivity (Wildman–Crippen MR) is 68.9 cm³/mol. The quantitative estimate of drug-likeness (QED) is 0.871. The Morgan fingerprint density at radius 1 is 1.33 bits per heavy atom. The predicted octanol–water partition coefficient (Wildman–Crippen LogP) is 2.87. The van der Waals surface area contributed by atoms with Gasteiger partial charge in [0.1, 0.15) is 16.6 Å². The van der Waals surface area contributed by atoms with Gasteiger partial charge in [0.05, 0.1) is 10.6 Å². The van der Waals surface area contributed by atoms with Crippen LogP contribution in [0.5, 0.6) is 0 Å². The summed E-state index contributed by atoms with van der Waals surface area (Å²) in [7, 11) is -3.53. The summed E-state index contributed by atoms with van der Waals surface area (Å²) in [5.41, 5.74) is 0.837. The lowest BCUT2D eigenvalue weighted by Crippen LogP contribution is -2.05. The van der Waals surface area contributed by atoms with Crippen molar-refractivity contribution in [3.05, 3.63) is 45.7 Å². The third-order valence-electron chi connectivity index (χ3n) is 2.54. The van der Waals surface area contributed by atoms with Crippen molar-refractivity contribution in [2.75, 3.05) is 0 Å². The van der Waals surface area contributed by atoms with Gasteiger partial charge < -0.3 is 0 Å². The van der Waals surface area contributed by atoms with Gasteiger partial charge in [0, 0.05) is 4.88 Å². The number of hydrogen-bond donors (Lipinski definition) is 0. The molecule has 0 bridgehead atoms. The number of rotatable bonds is 3. The van der Waals surface area contributed by atoms with E-state index in [1.807, 2.05) is 13.8 Å². The fourth-order valence-corrected chi connectivity index (χ4v) is 4.07. The van der Waals surface area contributed by atoms with Crippen LogP contribution in [0, 0.1) is 19.7 Å². The van der Waals surface area contributed by atoms with Gasteiger partial charge in [-0.15, -0.1) is 11.3 Å². The maximum Gasteiger partial charge on any atom is 0.185 e. The number of sulfone groups is 1. The molecular formula is C12H12FNO2S2. The van der Waals surface area contributed by atoms with E-state index < -0.39 is 15.7 Å². The first-order valence-corrected chi connectivity index (χ1v) is 7.76. The van der Waals surface area contributed by atoms with Crippen LogP contribution >= 0.6 is 11.3 Å². The van der Waals surface area contributed by atoms with Crippen LogP contribution < -0.4 is 0 Å². The molecule has 96 valence electrons. The molecule has 2 rings (SSSR count). The van der Waals surface area contributed by atoms with Crippen molar-refractivity contribution in [2.45, 2.75) is 24.5 Å². The van der Waals surface area contributed by atoms with E-state index >= 15 is 0 Å². The van der Waals surface area contributed by atoms with E-state index in [-0.39, 0.29) is 10.6 Å². The topological polar surface area (TPSA) is 47.0 Å². The number of nitrogens with zero attached hydrogens (tertiary/aromatic N) is 1. The third-order valence-corrected chi connectivity index (χ3v) is 5.42. The van der Waals surface area contributed by atoms with Crippen molar-refractivity contribution in [3.63, 3.8) is 0 Å². The van der Waals surface area contributed by atoms with Gasteiger partial charge in [-0.25, -0.2) is 17.8 Å². The lowest BCUT2D eigenvalue weighted by Gasteiger charge is -2.02. The summed E-state index contributed by atoms with van der Waals surface area (Å²) in [5, 5.41) is 0.536. The largest absolute Gasteiger partial charge is 0.245 e. The third kappa shape index (κ3) is 2.76. The number of thiazole rings is 1. The lowest BCUT2D eigenvalue weighted by atomic mass is 10.4. The maximum atomic E-state index is 13.0. The fourth-order valence-electron chi connectivity index (χ4n) is 1.51. The van der Waals surface area contributed by atoms with Gasteiger partial charge in [-0.3, -0.25) is 0 Å². The zero-order valence-corrected chi connectivity index (χ0v) is 11.6. The first kappa shape index (κ1) is 13.2. The van der Waals surface area contributed by atoms with Crippen molar-refractivity contribution < 1.29 is 12.8 Å². The summed E-state index contributed by atoms with van der Waals surface area (Å²) in [5.74, 6) is -0.738. The molecule has 1 heterocycles. The van der Waals surface area contributed by atoms with Gasteiger partial charge in [-0.1, -0.05) is 6.07 Å². The summed E-state index contributed by atoms with van der Waals surface area (Å²) in [4.78, 5) is 5.18. The van der Waals surface area contributed by atoms with E-state index in [0.29, 0.717) is 5.01 Å². The minimum absolute atomic E-state index is 0.00648. The fraction of sp³-hybridized carbons (Fsp3) is 0.250. The maximum absolute atomic E-state index is 13.0. The van der Waals surface area contributed by atoms with Crippen molar-refractivity contribution in [1.82, 2.24) is 4.98 Å². The normalized spacial score (nSPS) is 11.7. The number of aryl methyl sites for hydroxylation is 2. The second kappa shape index (κ2) is 4.78. The van der Waals surface area contributed by atoms with Gasteiger partial charge in [0.15, 0.2) is 9.84 Å². The Labute approximate surface area is 109 Å². The first-order chi connectivity index (χ1) is 8.38. The molecule has 0 saturated carbocycles. The molecule has 0 unspecified atom stereocenters. The average molecular weight is 285 g/mol. The number of hydrogen-bond acceptors (Lipinski definition) is 4. The highest BCUT2D eigenvalue weighted by Gasteiger charge is 2.18.